The van der Waals surface area contributed by atoms with Gasteiger partial charge in [-0.2, -0.15) is 0 Å². The fraction of sp³-hybridized carbons (Fsp3) is 0.190. The highest BCUT2D eigenvalue weighted by Crippen LogP contribution is 2.38. The van der Waals surface area contributed by atoms with E-state index in [-0.39, 0.29) is 17.6 Å². The number of hydrogen-bond donors (Lipinski definition) is 2. The van der Waals surface area contributed by atoms with Crippen LogP contribution in [0.3, 0.4) is 0 Å². The number of thiazole rings is 1. The fourth-order valence-electron chi connectivity index (χ4n) is 2.54. The van der Waals surface area contributed by atoms with E-state index >= 15 is 0 Å². The van der Waals surface area contributed by atoms with Crippen molar-refractivity contribution >= 4 is 39.9 Å². The highest BCUT2D eigenvalue weighted by molar-refractivity contribution is 8.01. The van der Waals surface area contributed by atoms with Gasteiger partial charge in [-0.3, -0.25) is 9.59 Å². The summed E-state index contributed by atoms with van der Waals surface area (Å²) in [6.45, 7) is 2.35. The number of benzene rings is 2. The molecule has 3 aromatic rings. The molecule has 0 aliphatic carbocycles. The molecule has 2 N–H and O–H groups in total. The average molecular weight is 428 g/mol. The predicted molar refractivity (Wildman–Crippen MR) is 118 cm³/mol. The monoisotopic (exact) mass is 427 g/mol. The number of rotatable bonds is 8. The standard InChI is InChI=1S/C21H21N3O3S2/c1-3-27-16-12-8-7-11-15(16)19(26)24-20-18(14-9-5-4-6-10-14)23-21(29-20)28-13-17(25)22-2/h4-12H,3,13H2,1-2H3,(H,22,25)(H,24,26). The van der Waals surface area contributed by atoms with Crippen LogP contribution in [0.15, 0.2) is 58.9 Å². The number of ether oxygens (including phenoxy) is 1. The first-order chi connectivity index (χ1) is 14.1. The van der Waals surface area contributed by atoms with Gasteiger partial charge in [0, 0.05) is 12.6 Å². The molecule has 8 heteroatoms. The average Bonchev–Trinajstić information content (AvgIpc) is 3.15. The third-order valence-electron chi connectivity index (χ3n) is 3.92. The lowest BCUT2D eigenvalue weighted by atomic mass is 10.1. The van der Waals surface area contributed by atoms with Crippen LogP contribution in [0.4, 0.5) is 5.00 Å². The number of para-hydroxylation sites is 1. The highest BCUT2D eigenvalue weighted by Gasteiger charge is 2.19. The summed E-state index contributed by atoms with van der Waals surface area (Å²) in [5.74, 6) is 0.451. The number of nitrogens with one attached hydrogen (secondary N) is 2. The second-order valence-electron chi connectivity index (χ2n) is 5.87. The molecule has 0 bridgehead atoms. The van der Waals surface area contributed by atoms with E-state index in [2.05, 4.69) is 15.6 Å². The molecule has 2 amide bonds. The Bertz CT molecular complexity index is 990. The molecule has 0 saturated heterocycles. The van der Waals surface area contributed by atoms with Crippen LogP contribution in [0.1, 0.15) is 17.3 Å². The van der Waals surface area contributed by atoms with Crippen molar-refractivity contribution in [2.24, 2.45) is 0 Å². The van der Waals surface area contributed by atoms with Crippen LogP contribution in [-0.2, 0) is 4.79 Å². The molecule has 29 heavy (non-hydrogen) atoms. The summed E-state index contributed by atoms with van der Waals surface area (Å²) in [6.07, 6.45) is 0. The van der Waals surface area contributed by atoms with Crippen LogP contribution in [0, 0.1) is 0 Å². The molecule has 0 aliphatic heterocycles. The van der Waals surface area contributed by atoms with Crippen LogP contribution in [0.25, 0.3) is 11.3 Å². The van der Waals surface area contributed by atoms with Gasteiger partial charge in [-0.25, -0.2) is 4.98 Å². The third kappa shape index (κ3) is 5.36. The molecule has 150 valence electrons. The van der Waals surface area contributed by atoms with Crippen molar-refractivity contribution in [2.75, 3.05) is 24.7 Å². The van der Waals surface area contributed by atoms with Gasteiger partial charge in [-0.05, 0) is 19.1 Å². The van der Waals surface area contributed by atoms with Crippen LogP contribution in [0.2, 0.25) is 0 Å². The SMILES string of the molecule is CCOc1ccccc1C(=O)Nc1sc(SCC(=O)NC)nc1-c1ccccc1. The van der Waals surface area contributed by atoms with Crippen molar-refractivity contribution in [1.29, 1.82) is 0 Å². The van der Waals surface area contributed by atoms with E-state index in [9.17, 15) is 9.59 Å². The van der Waals surface area contributed by atoms with Gasteiger partial charge in [0.1, 0.15) is 16.4 Å². The number of aromatic nitrogens is 1. The van der Waals surface area contributed by atoms with Gasteiger partial charge >= 0.3 is 0 Å². The summed E-state index contributed by atoms with van der Waals surface area (Å²) in [7, 11) is 1.60. The van der Waals surface area contributed by atoms with E-state index in [1.807, 2.05) is 43.3 Å². The summed E-state index contributed by atoms with van der Waals surface area (Å²) in [5, 5.41) is 6.19. The van der Waals surface area contributed by atoms with Crippen LogP contribution in [0.5, 0.6) is 5.75 Å². The van der Waals surface area contributed by atoms with Gasteiger partial charge in [0.2, 0.25) is 5.91 Å². The second-order valence-corrected chi connectivity index (χ2v) is 8.09. The van der Waals surface area contributed by atoms with Gasteiger partial charge in [-0.1, -0.05) is 65.6 Å². The Morgan fingerprint density at radius 1 is 1.10 bits per heavy atom. The molecule has 0 fully saturated rings. The Morgan fingerprint density at radius 3 is 2.55 bits per heavy atom. The van der Waals surface area contributed by atoms with E-state index in [0.717, 1.165) is 5.56 Å². The zero-order valence-corrected chi connectivity index (χ0v) is 17.7. The van der Waals surface area contributed by atoms with E-state index in [1.54, 1.807) is 25.2 Å². The first-order valence-corrected chi connectivity index (χ1v) is 10.9. The summed E-state index contributed by atoms with van der Waals surface area (Å²) in [4.78, 5) is 29.1. The molecular formula is C21H21N3O3S2. The van der Waals surface area contributed by atoms with E-state index in [4.69, 9.17) is 4.74 Å². The zero-order chi connectivity index (χ0) is 20.6. The highest BCUT2D eigenvalue weighted by atomic mass is 32.2. The quantitative estimate of drug-likeness (QED) is 0.524. The Morgan fingerprint density at radius 2 is 1.83 bits per heavy atom. The maximum atomic E-state index is 12.9. The van der Waals surface area contributed by atoms with Crippen molar-refractivity contribution < 1.29 is 14.3 Å². The smallest absolute Gasteiger partial charge is 0.260 e. The fourth-order valence-corrected chi connectivity index (χ4v) is 4.48. The molecular weight excluding hydrogens is 406 g/mol. The van der Waals surface area contributed by atoms with Crippen LogP contribution in [-0.4, -0.2) is 36.2 Å². The molecule has 3 rings (SSSR count). The van der Waals surface area contributed by atoms with Crippen molar-refractivity contribution in [1.82, 2.24) is 10.3 Å². The zero-order valence-electron chi connectivity index (χ0n) is 16.1. The maximum absolute atomic E-state index is 12.9. The molecule has 0 unspecified atom stereocenters. The van der Waals surface area contributed by atoms with Gasteiger partial charge in [0.15, 0.2) is 4.34 Å². The Balaban J connectivity index is 1.90. The molecule has 2 aromatic carbocycles. The number of carbonyl (C=O) groups is 2. The lowest BCUT2D eigenvalue weighted by molar-refractivity contribution is -0.118. The van der Waals surface area contributed by atoms with Crippen molar-refractivity contribution in [3.63, 3.8) is 0 Å². The first-order valence-electron chi connectivity index (χ1n) is 9.05. The van der Waals surface area contributed by atoms with Gasteiger partial charge in [0.05, 0.1) is 17.9 Å². The van der Waals surface area contributed by atoms with Crippen molar-refractivity contribution in [3.05, 3.63) is 60.2 Å². The Kier molecular flexibility index (Phi) is 7.26. The lowest BCUT2D eigenvalue weighted by Crippen LogP contribution is -2.19. The van der Waals surface area contributed by atoms with Crippen molar-refractivity contribution in [2.45, 2.75) is 11.3 Å². The summed E-state index contributed by atoms with van der Waals surface area (Å²) in [5.41, 5.74) is 2.03. The maximum Gasteiger partial charge on any atom is 0.260 e. The van der Waals surface area contributed by atoms with Crippen molar-refractivity contribution in [3.8, 4) is 17.0 Å². The number of anilines is 1. The number of amides is 2. The largest absolute Gasteiger partial charge is 0.493 e. The van der Waals surface area contributed by atoms with E-state index in [0.29, 0.717) is 33.0 Å². The minimum absolute atomic E-state index is 0.0808. The number of thioether (sulfide) groups is 1. The summed E-state index contributed by atoms with van der Waals surface area (Å²) >= 11 is 2.68. The van der Waals surface area contributed by atoms with Gasteiger partial charge < -0.3 is 15.4 Å². The Hall–Kier alpha value is -2.84. The number of nitrogens with zero attached hydrogens (tertiary/aromatic N) is 1. The first kappa shape index (κ1) is 20.9. The minimum atomic E-state index is -0.266. The molecule has 6 nitrogen and oxygen atoms in total. The summed E-state index contributed by atoms with van der Waals surface area (Å²) in [6, 6.07) is 16.8. The lowest BCUT2D eigenvalue weighted by Gasteiger charge is -2.10. The molecule has 0 spiro atoms. The van der Waals surface area contributed by atoms with Crippen LogP contribution >= 0.6 is 23.1 Å². The molecule has 0 aliphatic rings. The predicted octanol–water partition coefficient (Wildman–Crippen LogP) is 4.30. The summed E-state index contributed by atoms with van der Waals surface area (Å²) < 4.78 is 6.28. The number of hydrogen-bond acceptors (Lipinski definition) is 6. The Labute approximate surface area is 177 Å². The second kappa shape index (κ2) is 10.1. The van der Waals surface area contributed by atoms with Crippen LogP contribution < -0.4 is 15.4 Å². The van der Waals surface area contributed by atoms with Gasteiger partial charge in [-0.15, -0.1) is 0 Å². The topological polar surface area (TPSA) is 80.3 Å². The molecule has 0 radical (unpaired) electrons. The number of carbonyl (C=O) groups excluding carboxylic acids is 2. The van der Waals surface area contributed by atoms with E-state index in [1.165, 1.54) is 23.1 Å². The van der Waals surface area contributed by atoms with Gasteiger partial charge in [0.25, 0.3) is 5.91 Å². The third-order valence-corrected chi connectivity index (χ3v) is 6.03. The normalized spacial score (nSPS) is 10.4. The van der Waals surface area contributed by atoms with E-state index < -0.39 is 0 Å². The molecule has 0 saturated carbocycles. The molecule has 1 heterocycles. The molecule has 0 atom stereocenters. The minimum Gasteiger partial charge on any atom is -0.493 e. The molecule has 1 aromatic heterocycles.